The van der Waals surface area contributed by atoms with Gasteiger partial charge in [-0.1, -0.05) is 6.92 Å². The quantitative estimate of drug-likeness (QED) is 0.591. The van der Waals surface area contributed by atoms with Gasteiger partial charge in [0.2, 0.25) is 0 Å². The standard InChI is InChI=1S/C7H13NO3/c1-3-6(9)4-5-7(10)11-8-2/h8H,3-5H2,1-2H3. The Kier molecular flexibility index (Phi) is 5.37. The van der Waals surface area contributed by atoms with E-state index in [4.69, 9.17) is 0 Å². The largest absolute Gasteiger partial charge is 0.371 e. The molecule has 0 atom stereocenters. The Morgan fingerprint density at radius 2 is 2.00 bits per heavy atom. The van der Waals surface area contributed by atoms with Crippen LogP contribution in [0.15, 0.2) is 0 Å². The van der Waals surface area contributed by atoms with Crippen LogP contribution in [-0.2, 0) is 14.4 Å². The average molecular weight is 159 g/mol. The van der Waals surface area contributed by atoms with Crippen molar-refractivity contribution < 1.29 is 14.4 Å². The minimum absolute atomic E-state index is 0.0815. The first-order valence-electron chi connectivity index (χ1n) is 3.58. The molecule has 0 aromatic heterocycles. The van der Waals surface area contributed by atoms with Crippen molar-refractivity contribution in [3.8, 4) is 0 Å². The minimum Gasteiger partial charge on any atom is -0.371 e. The molecule has 0 fully saturated rings. The topological polar surface area (TPSA) is 55.4 Å². The lowest BCUT2D eigenvalue weighted by atomic mass is 10.2. The number of Topliss-reactive ketones (excluding diaryl/α,β-unsaturated/α-hetero) is 1. The smallest absolute Gasteiger partial charge is 0.325 e. The van der Waals surface area contributed by atoms with Crippen molar-refractivity contribution in [1.29, 1.82) is 0 Å². The second-order valence-electron chi connectivity index (χ2n) is 2.07. The number of hydroxylamine groups is 1. The maximum atomic E-state index is 10.7. The molecule has 0 aromatic carbocycles. The Morgan fingerprint density at radius 1 is 1.36 bits per heavy atom. The molecule has 0 spiro atoms. The summed E-state index contributed by atoms with van der Waals surface area (Å²) in [5.41, 5.74) is 2.25. The van der Waals surface area contributed by atoms with Crippen LogP contribution in [0.5, 0.6) is 0 Å². The third-order valence-electron chi connectivity index (χ3n) is 1.22. The van der Waals surface area contributed by atoms with Gasteiger partial charge in [-0.05, 0) is 0 Å². The van der Waals surface area contributed by atoms with E-state index in [2.05, 4.69) is 10.3 Å². The highest BCUT2D eigenvalue weighted by Crippen LogP contribution is 1.95. The Morgan fingerprint density at radius 3 is 2.45 bits per heavy atom. The van der Waals surface area contributed by atoms with Crippen LogP contribution in [-0.4, -0.2) is 18.8 Å². The van der Waals surface area contributed by atoms with Crippen molar-refractivity contribution in [3.63, 3.8) is 0 Å². The fourth-order valence-corrected chi connectivity index (χ4v) is 0.583. The molecule has 4 heteroatoms. The molecule has 0 aliphatic heterocycles. The van der Waals surface area contributed by atoms with E-state index in [0.717, 1.165) is 0 Å². The van der Waals surface area contributed by atoms with Gasteiger partial charge in [0.1, 0.15) is 5.78 Å². The van der Waals surface area contributed by atoms with Crippen molar-refractivity contribution in [2.24, 2.45) is 0 Å². The van der Waals surface area contributed by atoms with Crippen LogP contribution in [0.1, 0.15) is 26.2 Å². The molecule has 0 bridgehead atoms. The van der Waals surface area contributed by atoms with Gasteiger partial charge in [0.15, 0.2) is 0 Å². The van der Waals surface area contributed by atoms with E-state index in [1.165, 1.54) is 7.05 Å². The lowest BCUT2D eigenvalue weighted by molar-refractivity contribution is -0.150. The number of nitrogens with one attached hydrogen (secondary N) is 1. The summed E-state index contributed by atoms with van der Waals surface area (Å²) in [5, 5.41) is 0. The van der Waals surface area contributed by atoms with Crippen LogP contribution in [0.2, 0.25) is 0 Å². The summed E-state index contributed by atoms with van der Waals surface area (Å²) in [6, 6.07) is 0. The van der Waals surface area contributed by atoms with Crippen molar-refractivity contribution in [3.05, 3.63) is 0 Å². The molecule has 0 aliphatic rings. The van der Waals surface area contributed by atoms with Crippen molar-refractivity contribution >= 4 is 11.8 Å². The SMILES string of the molecule is CCC(=O)CCC(=O)ONC. The van der Waals surface area contributed by atoms with Crippen LogP contribution in [0.3, 0.4) is 0 Å². The van der Waals surface area contributed by atoms with Gasteiger partial charge in [-0.2, -0.15) is 5.48 Å². The molecule has 0 aromatic rings. The maximum absolute atomic E-state index is 10.7. The molecule has 0 rings (SSSR count). The summed E-state index contributed by atoms with van der Waals surface area (Å²) in [6.07, 6.45) is 0.914. The van der Waals surface area contributed by atoms with Crippen LogP contribution >= 0.6 is 0 Å². The molecule has 0 amide bonds. The number of carbonyl (C=O) groups is 2. The second-order valence-corrected chi connectivity index (χ2v) is 2.07. The molecular formula is C7H13NO3. The van der Waals surface area contributed by atoms with E-state index in [0.29, 0.717) is 6.42 Å². The fourth-order valence-electron chi connectivity index (χ4n) is 0.583. The summed E-state index contributed by atoms with van der Waals surface area (Å²) >= 11 is 0. The highest BCUT2D eigenvalue weighted by molar-refractivity contribution is 5.82. The predicted molar refractivity (Wildman–Crippen MR) is 39.7 cm³/mol. The molecule has 0 saturated carbocycles. The number of hydrogen-bond acceptors (Lipinski definition) is 4. The highest BCUT2D eigenvalue weighted by Gasteiger charge is 2.05. The first-order chi connectivity index (χ1) is 5.20. The molecule has 64 valence electrons. The number of carbonyl (C=O) groups excluding carboxylic acids is 2. The van der Waals surface area contributed by atoms with E-state index in [1.54, 1.807) is 6.92 Å². The lowest BCUT2D eigenvalue weighted by Gasteiger charge is -1.99. The van der Waals surface area contributed by atoms with E-state index in [1.807, 2.05) is 0 Å². The molecular weight excluding hydrogens is 146 g/mol. The van der Waals surface area contributed by atoms with Gasteiger partial charge in [0.25, 0.3) is 0 Å². The van der Waals surface area contributed by atoms with Crippen LogP contribution in [0, 0.1) is 0 Å². The zero-order chi connectivity index (χ0) is 8.69. The van der Waals surface area contributed by atoms with E-state index in [-0.39, 0.29) is 18.6 Å². The Bertz CT molecular complexity index is 145. The van der Waals surface area contributed by atoms with E-state index >= 15 is 0 Å². The highest BCUT2D eigenvalue weighted by atomic mass is 16.7. The Balaban J connectivity index is 3.38. The maximum Gasteiger partial charge on any atom is 0.325 e. The third-order valence-corrected chi connectivity index (χ3v) is 1.22. The van der Waals surface area contributed by atoms with E-state index in [9.17, 15) is 9.59 Å². The molecule has 4 nitrogen and oxygen atoms in total. The molecule has 1 N–H and O–H groups in total. The van der Waals surface area contributed by atoms with Gasteiger partial charge in [-0.3, -0.25) is 9.59 Å². The Labute approximate surface area is 65.9 Å². The first kappa shape index (κ1) is 10.1. The lowest BCUT2D eigenvalue weighted by Crippen LogP contribution is -2.15. The molecule has 0 saturated heterocycles. The third kappa shape index (κ3) is 5.54. The summed E-state index contributed by atoms with van der Waals surface area (Å²) < 4.78 is 0. The normalized spacial score (nSPS) is 9.27. The van der Waals surface area contributed by atoms with Crippen LogP contribution < -0.4 is 5.48 Å². The van der Waals surface area contributed by atoms with Gasteiger partial charge in [-0.15, -0.1) is 0 Å². The summed E-state index contributed by atoms with van der Waals surface area (Å²) in [6.45, 7) is 1.77. The van der Waals surface area contributed by atoms with Crippen molar-refractivity contribution in [2.75, 3.05) is 7.05 Å². The van der Waals surface area contributed by atoms with E-state index < -0.39 is 5.97 Å². The number of hydrogen-bond donors (Lipinski definition) is 1. The summed E-state index contributed by atoms with van der Waals surface area (Å²) in [4.78, 5) is 25.7. The molecule has 0 aliphatic carbocycles. The Hall–Kier alpha value is -0.900. The average Bonchev–Trinajstić information content (AvgIpc) is 2.01. The van der Waals surface area contributed by atoms with Crippen LogP contribution in [0.4, 0.5) is 0 Å². The minimum atomic E-state index is -0.394. The second kappa shape index (κ2) is 5.85. The number of ketones is 1. The molecule has 0 radical (unpaired) electrons. The van der Waals surface area contributed by atoms with Gasteiger partial charge in [0.05, 0.1) is 6.42 Å². The predicted octanol–water partition coefficient (Wildman–Crippen LogP) is 0.423. The van der Waals surface area contributed by atoms with Gasteiger partial charge in [0, 0.05) is 19.9 Å². The summed E-state index contributed by atoms with van der Waals surface area (Å²) in [5.74, 6) is -0.313. The molecule has 0 unspecified atom stereocenters. The van der Waals surface area contributed by atoms with Crippen molar-refractivity contribution in [1.82, 2.24) is 5.48 Å². The molecule has 11 heavy (non-hydrogen) atoms. The van der Waals surface area contributed by atoms with Gasteiger partial charge >= 0.3 is 5.97 Å². The first-order valence-corrected chi connectivity index (χ1v) is 3.58. The van der Waals surface area contributed by atoms with Gasteiger partial charge in [-0.25, -0.2) is 0 Å². The number of rotatable bonds is 5. The summed E-state index contributed by atoms with van der Waals surface area (Å²) in [7, 11) is 1.50. The van der Waals surface area contributed by atoms with Crippen molar-refractivity contribution in [2.45, 2.75) is 26.2 Å². The monoisotopic (exact) mass is 159 g/mol. The fraction of sp³-hybridized carbons (Fsp3) is 0.714. The zero-order valence-corrected chi connectivity index (χ0v) is 6.85. The molecule has 0 heterocycles. The van der Waals surface area contributed by atoms with Gasteiger partial charge < -0.3 is 4.84 Å². The zero-order valence-electron chi connectivity index (χ0n) is 6.85. The van der Waals surface area contributed by atoms with Crippen LogP contribution in [0.25, 0.3) is 0 Å².